The lowest BCUT2D eigenvalue weighted by atomic mass is 10.2. The van der Waals surface area contributed by atoms with Gasteiger partial charge in [0.05, 0.1) is 6.54 Å². The Balaban J connectivity index is 2.66. The van der Waals surface area contributed by atoms with E-state index in [-0.39, 0.29) is 19.0 Å². The number of benzene rings is 1. The first-order valence-electron chi connectivity index (χ1n) is 5.00. The van der Waals surface area contributed by atoms with Crippen LogP contribution in [0.2, 0.25) is 5.02 Å². The monoisotopic (exact) mass is 285 g/mol. The van der Waals surface area contributed by atoms with Crippen molar-refractivity contribution < 1.29 is 13.2 Å². The Bertz CT molecular complexity index is 355. The van der Waals surface area contributed by atoms with Gasteiger partial charge in [0.2, 0.25) is 0 Å². The van der Waals surface area contributed by atoms with Gasteiger partial charge in [-0.2, -0.15) is 13.2 Å². The van der Waals surface area contributed by atoms with Crippen LogP contribution in [0.3, 0.4) is 0 Å². The average molecular weight is 286 g/mol. The number of rotatable bonds is 5. The van der Waals surface area contributed by atoms with Gasteiger partial charge in [0.25, 0.3) is 0 Å². The number of hydrogen-bond acceptors (Lipinski definition) is 1. The zero-order valence-electron chi connectivity index (χ0n) is 8.97. The van der Waals surface area contributed by atoms with E-state index in [2.05, 4.69) is 0 Å². The van der Waals surface area contributed by atoms with Gasteiger partial charge in [-0.3, -0.25) is 4.90 Å². The normalized spacial score (nSPS) is 12.1. The molecule has 0 saturated carbocycles. The van der Waals surface area contributed by atoms with Crippen molar-refractivity contribution in [1.82, 2.24) is 4.90 Å². The van der Waals surface area contributed by atoms with Crippen LogP contribution in [0.5, 0.6) is 0 Å². The minimum atomic E-state index is -4.22. The molecule has 1 aromatic carbocycles. The van der Waals surface area contributed by atoms with Crippen molar-refractivity contribution in [3.8, 4) is 0 Å². The molecular weight excluding hydrogens is 274 g/mol. The molecule has 0 unspecified atom stereocenters. The molecule has 1 nitrogen and oxygen atoms in total. The van der Waals surface area contributed by atoms with E-state index in [1.54, 1.807) is 24.3 Å². The molecular formula is C11H12Cl2F3N. The van der Waals surface area contributed by atoms with Gasteiger partial charge in [-0.1, -0.05) is 23.7 Å². The molecule has 0 spiro atoms. The van der Waals surface area contributed by atoms with E-state index in [9.17, 15) is 13.2 Å². The molecule has 0 radical (unpaired) electrons. The van der Waals surface area contributed by atoms with E-state index >= 15 is 0 Å². The lowest BCUT2D eigenvalue weighted by molar-refractivity contribution is -0.146. The Morgan fingerprint density at radius 2 is 1.94 bits per heavy atom. The van der Waals surface area contributed by atoms with E-state index in [1.165, 1.54) is 4.90 Å². The van der Waals surface area contributed by atoms with Gasteiger partial charge in [0.1, 0.15) is 0 Å². The SMILES string of the molecule is FC(F)(F)CN(CCCl)Cc1cccc(Cl)c1. The molecule has 0 heterocycles. The lowest BCUT2D eigenvalue weighted by Gasteiger charge is -2.22. The third-order valence-corrected chi connectivity index (χ3v) is 2.50. The second kappa shape index (κ2) is 6.47. The topological polar surface area (TPSA) is 3.24 Å². The fraction of sp³-hybridized carbons (Fsp3) is 0.455. The molecule has 0 aliphatic rings. The van der Waals surface area contributed by atoms with Crippen LogP contribution in [0.25, 0.3) is 0 Å². The predicted octanol–water partition coefficient (Wildman–Crippen LogP) is 3.94. The van der Waals surface area contributed by atoms with Gasteiger partial charge in [0.15, 0.2) is 0 Å². The van der Waals surface area contributed by atoms with Gasteiger partial charge in [0, 0.05) is 24.0 Å². The molecule has 1 aromatic rings. The molecule has 1 rings (SSSR count). The van der Waals surface area contributed by atoms with Gasteiger partial charge in [-0.05, 0) is 17.7 Å². The van der Waals surface area contributed by atoms with Crippen molar-refractivity contribution in [2.75, 3.05) is 19.0 Å². The van der Waals surface area contributed by atoms with Crippen LogP contribution in [0.1, 0.15) is 5.56 Å². The van der Waals surface area contributed by atoms with Crippen LogP contribution in [0.15, 0.2) is 24.3 Å². The van der Waals surface area contributed by atoms with Crippen molar-refractivity contribution in [1.29, 1.82) is 0 Å². The second-order valence-corrected chi connectivity index (χ2v) is 4.46. The Labute approximate surface area is 108 Å². The Morgan fingerprint density at radius 3 is 2.47 bits per heavy atom. The highest BCUT2D eigenvalue weighted by molar-refractivity contribution is 6.30. The second-order valence-electron chi connectivity index (χ2n) is 3.64. The Morgan fingerprint density at radius 1 is 1.24 bits per heavy atom. The first kappa shape index (κ1) is 14.6. The molecule has 0 aliphatic carbocycles. The van der Waals surface area contributed by atoms with E-state index in [4.69, 9.17) is 23.2 Å². The fourth-order valence-corrected chi connectivity index (χ4v) is 1.93. The number of halogens is 5. The maximum absolute atomic E-state index is 12.3. The molecule has 0 saturated heterocycles. The summed E-state index contributed by atoms with van der Waals surface area (Å²) in [7, 11) is 0. The highest BCUT2D eigenvalue weighted by Gasteiger charge is 2.30. The average Bonchev–Trinajstić information content (AvgIpc) is 2.15. The Hall–Kier alpha value is -0.450. The first-order valence-corrected chi connectivity index (χ1v) is 5.91. The zero-order chi connectivity index (χ0) is 12.9. The maximum Gasteiger partial charge on any atom is 0.401 e. The molecule has 0 bridgehead atoms. The smallest absolute Gasteiger partial charge is 0.290 e. The third kappa shape index (κ3) is 6.15. The van der Waals surface area contributed by atoms with Crippen molar-refractivity contribution in [3.05, 3.63) is 34.9 Å². The standard InChI is InChI=1S/C11H12Cl2F3N/c12-4-5-17(8-11(14,15)16)7-9-2-1-3-10(13)6-9/h1-3,6H,4-5,7-8H2. The van der Waals surface area contributed by atoms with Crippen molar-refractivity contribution >= 4 is 23.2 Å². The van der Waals surface area contributed by atoms with E-state index in [1.807, 2.05) is 0 Å². The first-order chi connectivity index (χ1) is 7.90. The van der Waals surface area contributed by atoms with Crippen LogP contribution >= 0.6 is 23.2 Å². The van der Waals surface area contributed by atoms with Crippen LogP contribution in [0.4, 0.5) is 13.2 Å². The van der Waals surface area contributed by atoms with E-state index in [0.29, 0.717) is 5.02 Å². The molecule has 0 fully saturated rings. The predicted molar refractivity (Wildman–Crippen MR) is 63.5 cm³/mol. The molecule has 0 atom stereocenters. The van der Waals surface area contributed by atoms with Crippen molar-refractivity contribution in [2.24, 2.45) is 0 Å². The summed E-state index contributed by atoms with van der Waals surface area (Å²) >= 11 is 11.3. The van der Waals surface area contributed by atoms with Gasteiger partial charge in [-0.15, -0.1) is 11.6 Å². The minimum absolute atomic E-state index is 0.163. The van der Waals surface area contributed by atoms with Crippen LogP contribution < -0.4 is 0 Å². The fourth-order valence-electron chi connectivity index (χ4n) is 1.48. The van der Waals surface area contributed by atoms with E-state index in [0.717, 1.165) is 5.56 Å². The summed E-state index contributed by atoms with van der Waals surface area (Å²) in [5.41, 5.74) is 0.742. The molecule has 0 aromatic heterocycles. The summed E-state index contributed by atoms with van der Waals surface area (Å²) in [6.45, 7) is -0.591. The van der Waals surface area contributed by atoms with Crippen molar-refractivity contribution in [3.63, 3.8) is 0 Å². The lowest BCUT2D eigenvalue weighted by Crippen LogP contribution is -2.35. The van der Waals surface area contributed by atoms with Crippen molar-refractivity contribution in [2.45, 2.75) is 12.7 Å². The zero-order valence-corrected chi connectivity index (χ0v) is 10.5. The van der Waals surface area contributed by atoms with Crippen LogP contribution in [0, 0.1) is 0 Å². The molecule has 0 aliphatic heterocycles. The minimum Gasteiger partial charge on any atom is -0.290 e. The maximum atomic E-state index is 12.3. The summed E-state index contributed by atoms with van der Waals surface area (Å²) in [4.78, 5) is 1.25. The summed E-state index contributed by atoms with van der Waals surface area (Å²) < 4.78 is 36.9. The highest BCUT2D eigenvalue weighted by Crippen LogP contribution is 2.19. The van der Waals surface area contributed by atoms with Gasteiger partial charge >= 0.3 is 6.18 Å². The quantitative estimate of drug-likeness (QED) is 0.741. The van der Waals surface area contributed by atoms with Crippen LogP contribution in [-0.4, -0.2) is 30.0 Å². The summed E-state index contributed by atoms with van der Waals surface area (Å²) in [6.07, 6.45) is -4.22. The number of hydrogen-bond donors (Lipinski definition) is 0. The molecule has 6 heteroatoms. The summed E-state index contributed by atoms with van der Waals surface area (Å²) in [5.74, 6) is 0.163. The molecule has 0 amide bonds. The molecule has 17 heavy (non-hydrogen) atoms. The third-order valence-electron chi connectivity index (χ3n) is 2.10. The summed E-state index contributed by atoms with van der Waals surface area (Å²) in [6, 6.07) is 6.79. The number of alkyl halides is 4. The van der Waals surface area contributed by atoms with Crippen LogP contribution in [-0.2, 0) is 6.54 Å². The van der Waals surface area contributed by atoms with E-state index < -0.39 is 12.7 Å². The molecule has 0 N–H and O–H groups in total. The summed E-state index contributed by atoms with van der Waals surface area (Å²) in [5, 5.41) is 0.514. The largest absolute Gasteiger partial charge is 0.401 e. The number of nitrogens with zero attached hydrogens (tertiary/aromatic N) is 1. The molecule has 96 valence electrons. The Kier molecular flexibility index (Phi) is 5.56. The highest BCUT2D eigenvalue weighted by atomic mass is 35.5. The van der Waals surface area contributed by atoms with Gasteiger partial charge < -0.3 is 0 Å². The van der Waals surface area contributed by atoms with Gasteiger partial charge in [-0.25, -0.2) is 0 Å².